The lowest BCUT2D eigenvalue weighted by molar-refractivity contribution is 0.237. The number of nitrogens with zero attached hydrogens (tertiary/aromatic N) is 2. The minimum absolute atomic E-state index is 0.404. The van der Waals surface area contributed by atoms with E-state index >= 15 is 0 Å². The van der Waals surface area contributed by atoms with Gasteiger partial charge in [0, 0.05) is 0 Å². The van der Waals surface area contributed by atoms with Gasteiger partial charge in [-0.3, -0.25) is 0 Å². The van der Waals surface area contributed by atoms with Gasteiger partial charge in [-0.05, 0) is 18.8 Å². The molecule has 0 saturated carbocycles. The number of allylic oxidation sites excluding steroid dienone is 2. The van der Waals surface area contributed by atoms with Gasteiger partial charge in [0.1, 0.15) is 0 Å². The molecule has 0 radical (unpaired) electrons. The van der Waals surface area contributed by atoms with Crippen molar-refractivity contribution in [2.24, 2.45) is 5.92 Å². The zero-order valence-electron chi connectivity index (χ0n) is 7.69. The molecule has 1 aromatic rings. The second-order valence-electron chi connectivity index (χ2n) is 3.30. The Morgan fingerprint density at radius 2 is 1.93 bits per heavy atom. The molecule has 0 amide bonds. The molecule has 1 aliphatic carbocycles. The van der Waals surface area contributed by atoms with Crippen molar-refractivity contribution in [2.75, 3.05) is 6.61 Å². The highest BCUT2D eigenvalue weighted by molar-refractivity contribution is 6.30. The Hall–Kier alpha value is -1.09. The van der Waals surface area contributed by atoms with Crippen molar-refractivity contribution in [2.45, 2.75) is 12.8 Å². The first-order chi connectivity index (χ1) is 6.84. The van der Waals surface area contributed by atoms with Crippen LogP contribution in [0.3, 0.4) is 0 Å². The van der Waals surface area contributed by atoms with E-state index in [1.165, 1.54) is 12.4 Å². The number of halogens is 1. The van der Waals surface area contributed by atoms with Crippen LogP contribution in [0.15, 0.2) is 24.5 Å². The SMILES string of the molecule is Clc1cnc(OCC2CC=CC2)nc1. The summed E-state index contributed by atoms with van der Waals surface area (Å²) in [5, 5.41) is 0.528. The van der Waals surface area contributed by atoms with Crippen molar-refractivity contribution in [3.8, 4) is 6.01 Å². The molecule has 0 saturated heterocycles. The molecule has 0 unspecified atom stereocenters. The molecule has 3 nitrogen and oxygen atoms in total. The summed E-state index contributed by atoms with van der Waals surface area (Å²) in [4.78, 5) is 7.91. The van der Waals surface area contributed by atoms with Gasteiger partial charge < -0.3 is 4.74 Å². The fourth-order valence-electron chi connectivity index (χ4n) is 1.38. The quantitative estimate of drug-likeness (QED) is 0.719. The first-order valence-corrected chi connectivity index (χ1v) is 4.98. The molecule has 1 heterocycles. The lowest BCUT2D eigenvalue weighted by Gasteiger charge is -2.09. The molecule has 0 N–H and O–H groups in total. The molecule has 0 spiro atoms. The molecule has 0 aliphatic heterocycles. The lowest BCUT2D eigenvalue weighted by atomic mass is 10.1. The Balaban J connectivity index is 1.82. The van der Waals surface area contributed by atoms with Crippen molar-refractivity contribution in [3.63, 3.8) is 0 Å². The first kappa shape index (κ1) is 9.46. The van der Waals surface area contributed by atoms with Crippen LogP contribution in [0.1, 0.15) is 12.8 Å². The van der Waals surface area contributed by atoms with Crippen molar-refractivity contribution < 1.29 is 4.74 Å². The molecule has 74 valence electrons. The van der Waals surface area contributed by atoms with Gasteiger partial charge in [-0.2, -0.15) is 0 Å². The summed E-state index contributed by atoms with van der Waals surface area (Å²) in [6, 6.07) is 0.404. The molecule has 0 fully saturated rings. The minimum atomic E-state index is 0.404. The predicted molar refractivity (Wildman–Crippen MR) is 54.4 cm³/mol. The van der Waals surface area contributed by atoms with Crippen LogP contribution >= 0.6 is 11.6 Å². The molecule has 1 aliphatic rings. The van der Waals surface area contributed by atoms with E-state index in [9.17, 15) is 0 Å². The zero-order valence-corrected chi connectivity index (χ0v) is 8.44. The summed E-state index contributed by atoms with van der Waals surface area (Å²) in [6.45, 7) is 0.675. The van der Waals surface area contributed by atoms with Gasteiger partial charge in [0.15, 0.2) is 0 Å². The second-order valence-corrected chi connectivity index (χ2v) is 3.74. The van der Waals surface area contributed by atoms with Crippen LogP contribution < -0.4 is 4.74 Å². The van der Waals surface area contributed by atoms with Gasteiger partial charge in [0.05, 0.1) is 24.0 Å². The summed E-state index contributed by atoms with van der Waals surface area (Å²) in [5.74, 6) is 0.578. The maximum Gasteiger partial charge on any atom is 0.316 e. The van der Waals surface area contributed by atoms with Crippen LogP contribution in [0.5, 0.6) is 6.01 Å². The van der Waals surface area contributed by atoms with E-state index in [0.717, 1.165) is 12.8 Å². The van der Waals surface area contributed by atoms with Crippen molar-refractivity contribution in [1.29, 1.82) is 0 Å². The highest BCUT2D eigenvalue weighted by Crippen LogP contribution is 2.18. The Bertz CT molecular complexity index is 315. The highest BCUT2D eigenvalue weighted by atomic mass is 35.5. The van der Waals surface area contributed by atoms with Gasteiger partial charge in [-0.25, -0.2) is 9.97 Å². The van der Waals surface area contributed by atoms with Crippen molar-refractivity contribution in [3.05, 3.63) is 29.6 Å². The summed E-state index contributed by atoms with van der Waals surface area (Å²) < 4.78 is 5.42. The number of aromatic nitrogens is 2. The van der Waals surface area contributed by atoms with E-state index in [2.05, 4.69) is 22.1 Å². The third kappa shape index (κ3) is 2.45. The van der Waals surface area contributed by atoms with Gasteiger partial charge >= 0.3 is 6.01 Å². The van der Waals surface area contributed by atoms with Crippen molar-refractivity contribution >= 4 is 11.6 Å². The van der Waals surface area contributed by atoms with Gasteiger partial charge in [0.25, 0.3) is 0 Å². The molecule has 0 bridgehead atoms. The van der Waals surface area contributed by atoms with Gasteiger partial charge in [-0.1, -0.05) is 23.8 Å². The monoisotopic (exact) mass is 210 g/mol. The van der Waals surface area contributed by atoms with Crippen LogP contribution in [0.4, 0.5) is 0 Å². The van der Waals surface area contributed by atoms with E-state index in [-0.39, 0.29) is 0 Å². The highest BCUT2D eigenvalue weighted by Gasteiger charge is 2.11. The standard InChI is InChI=1S/C10H11ClN2O/c11-9-5-12-10(13-6-9)14-7-8-3-1-2-4-8/h1-2,5-6,8H,3-4,7H2. The topological polar surface area (TPSA) is 35.0 Å². The van der Waals surface area contributed by atoms with E-state index in [1.54, 1.807) is 0 Å². The Morgan fingerprint density at radius 3 is 2.57 bits per heavy atom. The first-order valence-electron chi connectivity index (χ1n) is 4.60. The van der Waals surface area contributed by atoms with Crippen LogP contribution in [-0.2, 0) is 0 Å². The predicted octanol–water partition coefficient (Wildman–Crippen LogP) is 2.48. The van der Waals surface area contributed by atoms with Crippen LogP contribution in [0.2, 0.25) is 5.02 Å². The summed E-state index contributed by atoms with van der Waals surface area (Å²) in [5.41, 5.74) is 0. The summed E-state index contributed by atoms with van der Waals surface area (Å²) in [7, 11) is 0. The molecule has 1 aromatic heterocycles. The van der Waals surface area contributed by atoms with Crippen LogP contribution in [-0.4, -0.2) is 16.6 Å². The lowest BCUT2D eigenvalue weighted by Crippen LogP contribution is -2.09. The molecule has 2 rings (SSSR count). The van der Waals surface area contributed by atoms with E-state index in [0.29, 0.717) is 23.6 Å². The average molecular weight is 211 g/mol. The molecular formula is C10H11ClN2O. The Kier molecular flexibility index (Phi) is 2.99. The van der Waals surface area contributed by atoms with Crippen LogP contribution in [0.25, 0.3) is 0 Å². The van der Waals surface area contributed by atoms with E-state index in [4.69, 9.17) is 16.3 Å². The number of ether oxygens (including phenoxy) is 1. The normalized spacial score (nSPS) is 16.1. The molecule has 14 heavy (non-hydrogen) atoms. The largest absolute Gasteiger partial charge is 0.463 e. The number of rotatable bonds is 3. The second kappa shape index (κ2) is 4.42. The molecule has 4 heteroatoms. The molecule has 0 atom stereocenters. The average Bonchev–Trinajstić information content (AvgIpc) is 2.70. The van der Waals surface area contributed by atoms with Crippen LogP contribution in [0, 0.1) is 5.92 Å². The van der Waals surface area contributed by atoms with E-state index in [1.807, 2.05) is 0 Å². The maximum atomic E-state index is 5.65. The zero-order chi connectivity index (χ0) is 9.80. The summed E-state index contributed by atoms with van der Waals surface area (Å²) >= 11 is 5.65. The van der Waals surface area contributed by atoms with Gasteiger partial charge in [-0.15, -0.1) is 0 Å². The number of hydrogen-bond donors (Lipinski definition) is 0. The fraction of sp³-hybridized carbons (Fsp3) is 0.400. The third-order valence-electron chi connectivity index (χ3n) is 2.15. The number of hydrogen-bond acceptors (Lipinski definition) is 3. The van der Waals surface area contributed by atoms with Crippen molar-refractivity contribution in [1.82, 2.24) is 9.97 Å². The van der Waals surface area contributed by atoms with Gasteiger partial charge in [0.2, 0.25) is 0 Å². The molecule has 0 aromatic carbocycles. The smallest absolute Gasteiger partial charge is 0.316 e. The molecular weight excluding hydrogens is 200 g/mol. The fourth-order valence-corrected chi connectivity index (χ4v) is 1.47. The maximum absolute atomic E-state index is 5.65. The summed E-state index contributed by atoms with van der Waals surface area (Å²) in [6.07, 6.45) is 9.61. The minimum Gasteiger partial charge on any atom is -0.463 e. The van der Waals surface area contributed by atoms with E-state index < -0.39 is 0 Å². The Labute approximate surface area is 87.8 Å². The Morgan fingerprint density at radius 1 is 1.29 bits per heavy atom. The third-order valence-corrected chi connectivity index (χ3v) is 2.35.